The molecule has 0 aliphatic carbocycles. The van der Waals surface area contributed by atoms with Crippen molar-refractivity contribution in [2.24, 2.45) is 7.05 Å². The van der Waals surface area contributed by atoms with Crippen molar-refractivity contribution in [1.82, 2.24) is 19.7 Å². The number of hydrogen-bond acceptors (Lipinski definition) is 6. The average molecular weight is 370 g/mol. The van der Waals surface area contributed by atoms with Crippen LogP contribution in [0.2, 0.25) is 0 Å². The van der Waals surface area contributed by atoms with Gasteiger partial charge in [0.15, 0.2) is 11.0 Å². The monoisotopic (exact) mass is 370 g/mol. The van der Waals surface area contributed by atoms with Crippen LogP contribution >= 0.6 is 11.8 Å². The number of phenols is 1. The topological polar surface area (TPSA) is 63.4 Å². The second-order valence-electron chi connectivity index (χ2n) is 6.38. The smallest absolute Gasteiger partial charge is 0.191 e. The lowest BCUT2D eigenvalue weighted by atomic mass is 10.1. The zero-order chi connectivity index (χ0) is 17.9. The van der Waals surface area contributed by atoms with Gasteiger partial charge in [-0.05, 0) is 22.9 Å². The van der Waals surface area contributed by atoms with E-state index in [0.717, 1.165) is 54.5 Å². The lowest BCUT2D eigenvalue weighted by Gasteiger charge is -2.26. The van der Waals surface area contributed by atoms with Crippen LogP contribution < -0.4 is 0 Å². The van der Waals surface area contributed by atoms with Gasteiger partial charge in [0.25, 0.3) is 0 Å². The minimum atomic E-state index is 0.226. The number of aromatic nitrogens is 3. The van der Waals surface area contributed by atoms with Gasteiger partial charge < -0.3 is 14.4 Å². The molecule has 1 aliphatic rings. The molecular weight excluding hydrogens is 348 g/mol. The standard InChI is InChI=1S/C19H22N4O2S/c1-22-18(16-12-14-4-2-3-5-15(14)13-17(16)24)20-21-19(22)26-11-8-23-6-9-25-10-7-23/h2-5,12-13,24H,6-11H2,1H3. The van der Waals surface area contributed by atoms with E-state index < -0.39 is 0 Å². The number of phenolic OH excluding ortho intramolecular Hbond substituents is 1. The van der Waals surface area contributed by atoms with Gasteiger partial charge in [-0.3, -0.25) is 4.90 Å². The van der Waals surface area contributed by atoms with Crippen LogP contribution in [0.3, 0.4) is 0 Å². The van der Waals surface area contributed by atoms with E-state index in [-0.39, 0.29) is 5.75 Å². The van der Waals surface area contributed by atoms with Crippen LogP contribution in [-0.2, 0) is 11.8 Å². The number of nitrogens with zero attached hydrogens (tertiary/aromatic N) is 4. The van der Waals surface area contributed by atoms with Crippen LogP contribution in [0.1, 0.15) is 0 Å². The molecule has 1 aliphatic heterocycles. The molecule has 1 aromatic heterocycles. The quantitative estimate of drug-likeness (QED) is 0.697. The molecular formula is C19H22N4O2S. The molecule has 6 nitrogen and oxygen atoms in total. The fourth-order valence-electron chi connectivity index (χ4n) is 3.17. The van der Waals surface area contributed by atoms with Crippen molar-refractivity contribution >= 4 is 22.5 Å². The third kappa shape index (κ3) is 3.56. The second-order valence-corrected chi connectivity index (χ2v) is 7.45. The summed E-state index contributed by atoms with van der Waals surface area (Å²) in [7, 11) is 1.95. The van der Waals surface area contributed by atoms with Crippen LogP contribution in [0, 0.1) is 0 Å². The summed E-state index contributed by atoms with van der Waals surface area (Å²) >= 11 is 1.69. The number of aromatic hydroxyl groups is 1. The molecule has 0 atom stereocenters. The second kappa shape index (κ2) is 7.65. The van der Waals surface area contributed by atoms with Crippen LogP contribution in [0.4, 0.5) is 0 Å². The Labute approximate surface area is 156 Å². The molecule has 0 bridgehead atoms. The number of ether oxygens (including phenoxy) is 1. The molecule has 26 heavy (non-hydrogen) atoms. The van der Waals surface area contributed by atoms with Crippen molar-refractivity contribution in [3.63, 3.8) is 0 Å². The van der Waals surface area contributed by atoms with Gasteiger partial charge in [-0.1, -0.05) is 36.0 Å². The first-order chi connectivity index (χ1) is 12.7. The number of morpholine rings is 1. The predicted octanol–water partition coefficient (Wildman–Crippen LogP) is 2.77. The van der Waals surface area contributed by atoms with Crippen molar-refractivity contribution in [2.45, 2.75) is 5.16 Å². The summed E-state index contributed by atoms with van der Waals surface area (Å²) in [6.45, 7) is 4.64. The van der Waals surface area contributed by atoms with Gasteiger partial charge in [0.05, 0.1) is 18.8 Å². The van der Waals surface area contributed by atoms with Crippen LogP contribution in [0.25, 0.3) is 22.2 Å². The Balaban J connectivity index is 1.51. The molecule has 136 valence electrons. The lowest BCUT2D eigenvalue weighted by Crippen LogP contribution is -2.37. The summed E-state index contributed by atoms with van der Waals surface area (Å²) in [5.74, 6) is 1.86. The van der Waals surface area contributed by atoms with Crippen molar-refractivity contribution in [3.05, 3.63) is 36.4 Å². The molecule has 0 unspecified atom stereocenters. The number of fused-ring (bicyclic) bond motifs is 1. The highest BCUT2D eigenvalue weighted by Crippen LogP contribution is 2.33. The number of benzene rings is 2. The van der Waals surface area contributed by atoms with Gasteiger partial charge in [0.2, 0.25) is 0 Å². The van der Waals surface area contributed by atoms with E-state index in [1.165, 1.54) is 0 Å². The largest absolute Gasteiger partial charge is 0.507 e. The third-order valence-corrected chi connectivity index (χ3v) is 5.68. The fourth-order valence-corrected chi connectivity index (χ4v) is 4.08. The summed E-state index contributed by atoms with van der Waals surface area (Å²) in [4.78, 5) is 2.41. The first-order valence-electron chi connectivity index (χ1n) is 8.77. The van der Waals surface area contributed by atoms with Crippen molar-refractivity contribution in [3.8, 4) is 17.1 Å². The van der Waals surface area contributed by atoms with Gasteiger partial charge in [-0.25, -0.2) is 0 Å². The highest BCUT2D eigenvalue weighted by molar-refractivity contribution is 7.99. The Hall–Kier alpha value is -2.09. The summed E-state index contributed by atoms with van der Waals surface area (Å²) in [6.07, 6.45) is 0. The molecule has 2 heterocycles. The summed E-state index contributed by atoms with van der Waals surface area (Å²) in [6, 6.07) is 11.7. The average Bonchev–Trinajstić information content (AvgIpc) is 3.02. The summed E-state index contributed by atoms with van der Waals surface area (Å²) < 4.78 is 7.33. The maximum absolute atomic E-state index is 10.4. The van der Waals surface area contributed by atoms with Crippen molar-refractivity contribution in [1.29, 1.82) is 0 Å². The van der Waals surface area contributed by atoms with Gasteiger partial charge in [0, 0.05) is 32.4 Å². The Morgan fingerprint density at radius 2 is 1.85 bits per heavy atom. The van der Waals surface area contributed by atoms with Crippen molar-refractivity contribution in [2.75, 3.05) is 38.6 Å². The third-order valence-electron chi connectivity index (χ3n) is 4.68. The van der Waals surface area contributed by atoms with Gasteiger partial charge >= 0.3 is 0 Å². The minimum Gasteiger partial charge on any atom is -0.507 e. The molecule has 0 radical (unpaired) electrons. The normalized spacial score (nSPS) is 15.6. The maximum Gasteiger partial charge on any atom is 0.191 e. The molecule has 7 heteroatoms. The summed E-state index contributed by atoms with van der Waals surface area (Å²) in [5.41, 5.74) is 0.707. The van der Waals surface area contributed by atoms with Gasteiger partial charge in [-0.15, -0.1) is 10.2 Å². The number of hydrogen-bond donors (Lipinski definition) is 1. The van der Waals surface area contributed by atoms with Crippen LogP contribution in [0.5, 0.6) is 5.75 Å². The molecule has 1 fully saturated rings. The van der Waals surface area contributed by atoms with E-state index >= 15 is 0 Å². The molecule has 3 aromatic rings. The zero-order valence-electron chi connectivity index (χ0n) is 14.8. The van der Waals surface area contributed by atoms with E-state index in [9.17, 15) is 5.11 Å². The van der Waals surface area contributed by atoms with Gasteiger partial charge in [-0.2, -0.15) is 0 Å². The maximum atomic E-state index is 10.4. The highest BCUT2D eigenvalue weighted by atomic mass is 32.2. The lowest BCUT2D eigenvalue weighted by molar-refractivity contribution is 0.0410. The molecule has 1 N–H and O–H groups in total. The Kier molecular flexibility index (Phi) is 5.10. The SMILES string of the molecule is Cn1c(SCCN2CCOCC2)nnc1-c1cc2ccccc2cc1O. The van der Waals surface area contributed by atoms with Crippen LogP contribution in [0.15, 0.2) is 41.6 Å². The summed E-state index contributed by atoms with van der Waals surface area (Å²) in [5, 5.41) is 22.0. The van der Waals surface area contributed by atoms with Gasteiger partial charge in [0.1, 0.15) is 5.75 Å². The highest BCUT2D eigenvalue weighted by Gasteiger charge is 2.16. The molecule has 4 rings (SSSR count). The number of thioether (sulfide) groups is 1. The first kappa shape index (κ1) is 17.3. The van der Waals surface area contributed by atoms with Crippen LogP contribution in [-0.4, -0.2) is 63.4 Å². The van der Waals surface area contributed by atoms with E-state index in [0.29, 0.717) is 11.4 Å². The molecule has 0 amide bonds. The van der Waals surface area contributed by atoms with E-state index in [4.69, 9.17) is 4.74 Å². The predicted molar refractivity (Wildman–Crippen MR) is 104 cm³/mol. The fraction of sp³-hybridized carbons (Fsp3) is 0.368. The Bertz CT molecular complexity index is 906. The first-order valence-corrected chi connectivity index (χ1v) is 9.75. The zero-order valence-corrected chi connectivity index (χ0v) is 15.6. The number of rotatable bonds is 5. The molecule has 0 spiro atoms. The van der Waals surface area contributed by atoms with E-state index in [2.05, 4.69) is 15.1 Å². The Morgan fingerprint density at radius 3 is 2.62 bits per heavy atom. The van der Waals surface area contributed by atoms with E-state index in [1.807, 2.05) is 41.9 Å². The Morgan fingerprint density at radius 1 is 1.12 bits per heavy atom. The molecule has 2 aromatic carbocycles. The van der Waals surface area contributed by atoms with Crippen molar-refractivity contribution < 1.29 is 9.84 Å². The molecule has 0 saturated carbocycles. The van der Waals surface area contributed by atoms with E-state index in [1.54, 1.807) is 17.8 Å². The molecule has 1 saturated heterocycles. The minimum absolute atomic E-state index is 0.226.